The largest absolute Gasteiger partial charge is 0.341 e. The second kappa shape index (κ2) is 8.50. The van der Waals surface area contributed by atoms with Crippen LogP contribution in [-0.2, 0) is 17.9 Å². The van der Waals surface area contributed by atoms with Crippen LogP contribution >= 0.6 is 11.6 Å². The molecule has 0 spiro atoms. The van der Waals surface area contributed by atoms with Gasteiger partial charge in [0.2, 0.25) is 5.91 Å². The molecule has 3 nitrogen and oxygen atoms in total. The Balaban J connectivity index is 1.49. The van der Waals surface area contributed by atoms with Crippen molar-refractivity contribution < 1.29 is 4.79 Å². The van der Waals surface area contributed by atoms with Gasteiger partial charge in [0.25, 0.3) is 0 Å². The summed E-state index contributed by atoms with van der Waals surface area (Å²) in [5.74, 6) is 0.413. The average Bonchev–Trinajstić information content (AvgIpc) is 2.62. The summed E-state index contributed by atoms with van der Waals surface area (Å²) in [6.45, 7) is 3.51. The Bertz CT molecular complexity index is 696. The summed E-state index contributed by atoms with van der Waals surface area (Å²) in [5.41, 5.74) is 2.41. The minimum Gasteiger partial charge on any atom is -0.341 e. The molecule has 1 aliphatic heterocycles. The lowest BCUT2D eigenvalue weighted by Crippen LogP contribution is -2.40. The predicted octanol–water partition coefficient (Wildman–Crippen LogP) is 4.21. The first kappa shape index (κ1) is 18.0. The van der Waals surface area contributed by atoms with Gasteiger partial charge in [-0.2, -0.15) is 0 Å². The molecule has 0 radical (unpaired) electrons. The van der Waals surface area contributed by atoms with E-state index in [1.807, 2.05) is 48.3 Å². The molecule has 1 amide bonds. The van der Waals surface area contributed by atoms with Crippen LogP contribution in [0.2, 0.25) is 5.02 Å². The van der Waals surface area contributed by atoms with Crippen LogP contribution in [0.25, 0.3) is 0 Å². The lowest BCUT2D eigenvalue weighted by Gasteiger charge is -2.33. The van der Waals surface area contributed by atoms with Crippen molar-refractivity contribution in [3.63, 3.8) is 0 Å². The normalized spacial score (nSPS) is 15.9. The Kier molecular flexibility index (Phi) is 6.11. The average molecular weight is 357 g/mol. The highest BCUT2D eigenvalue weighted by molar-refractivity contribution is 6.30. The smallest absolute Gasteiger partial charge is 0.225 e. The van der Waals surface area contributed by atoms with Gasteiger partial charge in [0.05, 0.1) is 0 Å². The van der Waals surface area contributed by atoms with E-state index in [9.17, 15) is 4.79 Å². The van der Waals surface area contributed by atoms with E-state index in [0.717, 1.165) is 37.5 Å². The fourth-order valence-electron chi connectivity index (χ4n) is 3.48. The maximum absolute atomic E-state index is 12.7. The summed E-state index contributed by atoms with van der Waals surface area (Å²) in [5, 5.41) is 0.783. The van der Waals surface area contributed by atoms with Crippen LogP contribution < -0.4 is 0 Å². The highest BCUT2D eigenvalue weighted by Crippen LogP contribution is 2.22. The third kappa shape index (κ3) is 5.07. The summed E-state index contributed by atoms with van der Waals surface area (Å²) < 4.78 is 0. The van der Waals surface area contributed by atoms with Crippen LogP contribution in [-0.4, -0.2) is 35.8 Å². The third-order valence-corrected chi connectivity index (χ3v) is 5.11. The van der Waals surface area contributed by atoms with E-state index in [2.05, 4.69) is 23.1 Å². The predicted molar refractivity (Wildman–Crippen MR) is 102 cm³/mol. The molecule has 0 aliphatic carbocycles. The minimum atomic E-state index is 0.143. The first-order valence-electron chi connectivity index (χ1n) is 8.87. The van der Waals surface area contributed by atoms with Crippen molar-refractivity contribution in [3.05, 3.63) is 70.7 Å². The standard InChI is InChI=1S/C21H25ClN2O/c1-23(15-17-6-3-2-4-7-17)21(25)19-10-12-24(13-11-19)16-18-8-5-9-20(22)14-18/h2-9,14,19H,10-13,15-16H2,1H3. The molecule has 1 saturated heterocycles. The third-order valence-electron chi connectivity index (χ3n) is 4.87. The lowest BCUT2D eigenvalue weighted by atomic mass is 9.95. The van der Waals surface area contributed by atoms with Gasteiger partial charge in [-0.15, -0.1) is 0 Å². The number of nitrogens with zero attached hydrogens (tertiary/aromatic N) is 2. The molecule has 3 rings (SSSR count). The molecular formula is C21H25ClN2O. The molecule has 132 valence electrons. The zero-order valence-corrected chi connectivity index (χ0v) is 15.5. The fraction of sp³-hybridized carbons (Fsp3) is 0.381. The number of likely N-dealkylation sites (tertiary alicyclic amines) is 1. The van der Waals surface area contributed by atoms with Gasteiger partial charge in [-0.25, -0.2) is 0 Å². The zero-order chi connectivity index (χ0) is 17.6. The number of amides is 1. The molecular weight excluding hydrogens is 332 g/mol. The monoisotopic (exact) mass is 356 g/mol. The van der Waals surface area contributed by atoms with Gasteiger partial charge in [0.1, 0.15) is 0 Å². The molecule has 1 fully saturated rings. The molecule has 0 atom stereocenters. The number of carbonyl (C=O) groups is 1. The Morgan fingerprint density at radius 2 is 1.76 bits per heavy atom. The number of hydrogen-bond donors (Lipinski definition) is 0. The van der Waals surface area contributed by atoms with Crippen molar-refractivity contribution in [2.24, 2.45) is 5.92 Å². The highest BCUT2D eigenvalue weighted by atomic mass is 35.5. The highest BCUT2D eigenvalue weighted by Gasteiger charge is 2.27. The maximum atomic E-state index is 12.7. The van der Waals surface area contributed by atoms with Crippen molar-refractivity contribution >= 4 is 17.5 Å². The van der Waals surface area contributed by atoms with Crippen LogP contribution in [0.4, 0.5) is 0 Å². The Labute approximate surface area is 155 Å². The summed E-state index contributed by atoms with van der Waals surface area (Å²) in [4.78, 5) is 17.0. The molecule has 0 bridgehead atoms. The summed E-state index contributed by atoms with van der Waals surface area (Å²) in [6, 6.07) is 18.2. The lowest BCUT2D eigenvalue weighted by molar-refractivity contribution is -0.136. The van der Waals surface area contributed by atoms with Crippen molar-refractivity contribution in [2.45, 2.75) is 25.9 Å². The Morgan fingerprint density at radius 1 is 1.08 bits per heavy atom. The van der Waals surface area contributed by atoms with Crippen LogP contribution in [0.15, 0.2) is 54.6 Å². The van der Waals surface area contributed by atoms with E-state index in [0.29, 0.717) is 6.54 Å². The number of benzene rings is 2. The van der Waals surface area contributed by atoms with Gasteiger partial charge in [0, 0.05) is 31.1 Å². The molecule has 4 heteroatoms. The topological polar surface area (TPSA) is 23.6 Å². The Morgan fingerprint density at radius 3 is 2.44 bits per heavy atom. The fourth-order valence-corrected chi connectivity index (χ4v) is 3.69. The number of hydrogen-bond acceptors (Lipinski definition) is 2. The van der Waals surface area contributed by atoms with E-state index in [-0.39, 0.29) is 11.8 Å². The van der Waals surface area contributed by atoms with Gasteiger partial charge in [0.15, 0.2) is 0 Å². The van der Waals surface area contributed by atoms with Crippen molar-refractivity contribution in [2.75, 3.05) is 20.1 Å². The van der Waals surface area contributed by atoms with Gasteiger partial charge < -0.3 is 4.90 Å². The van der Waals surface area contributed by atoms with Gasteiger partial charge >= 0.3 is 0 Å². The quantitative estimate of drug-likeness (QED) is 0.801. The first-order valence-corrected chi connectivity index (χ1v) is 9.25. The van der Waals surface area contributed by atoms with Crippen LogP contribution in [0, 0.1) is 5.92 Å². The summed E-state index contributed by atoms with van der Waals surface area (Å²) >= 11 is 6.06. The molecule has 0 N–H and O–H groups in total. The molecule has 0 aromatic heterocycles. The molecule has 2 aromatic rings. The van der Waals surface area contributed by atoms with Crippen molar-refractivity contribution in [3.8, 4) is 0 Å². The van der Waals surface area contributed by atoms with E-state index in [4.69, 9.17) is 11.6 Å². The minimum absolute atomic E-state index is 0.143. The zero-order valence-electron chi connectivity index (χ0n) is 14.7. The molecule has 1 heterocycles. The van der Waals surface area contributed by atoms with Gasteiger partial charge in [-0.1, -0.05) is 54.1 Å². The SMILES string of the molecule is CN(Cc1ccccc1)C(=O)C1CCN(Cc2cccc(Cl)c2)CC1. The van der Waals surface area contributed by atoms with Crippen LogP contribution in [0.3, 0.4) is 0 Å². The number of halogens is 1. The second-order valence-electron chi connectivity index (χ2n) is 6.86. The maximum Gasteiger partial charge on any atom is 0.225 e. The van der Waals surface area contributed by atoms with Crippen LogP contribution in [0.5, 0.6) is 0 Å². The molecule has 2 aromatic carbocycles. The van der Waals surface area contributed by atoms with E-state index < -0.39 is 0 Å². The summed E-state index contributed by atoms with van der Waals surface area (Å²) in [7, 11) is 1.91. The molecule has 1 aliphatic rings. The van der Waals surface area contributed by atoms with Crippen LogP contribution in [0.1, 0.15) is 24.0 Å². The van der Waals surface area contributed by atoms with E-state index in [1.165, 1.54) is 11.1 Å². The number of piperidine rings is 1. The van der Waals surface area contributed by atoms with Gasteiger partial charge in [-0.05, 0) is 49.2 Å². The number of rotatable bonds is 5. The van der Waals surface area contributed by atoms with Gasteiger partial charge in [-0.3, -0.25) is 9.69 Å². The Hall–Kier alpha value is -1.84. The van der Waals surface area contributed by atoms with E-state index in [1.54, 1.807) is 0 Å². The number of carbonyl (C=O) groups excluding carboxylic acids is 1. The summed E-state index contributed by atoms with van der Waals surface area (Å²) in [6.07, 6.45) is 1.86. The molecule has 0 saturated carbocycles. The molecule has 0 unspecified atom stereocenters. The first-order chi connectivity index (χ1) is 12.1. The van der Waals surface area contributed by atoms with Crippen molar-refractivity contribution in [1.29, 1.82) is 0 Å². The molecule has 25 heavy (non-hydrogen) atoms. The second-order valence-corrected chi connectivity index (χ2v) is 7.30. The van der Waals surface area contributed by atoms with Crippen molar-refractivity contribution in [1.82, 2.24) is 9.80 Å². The van der Waals surface area contributed by atoms with E-state index >= 15 is 0 Å².